The van der Waals surface area contributed by atoms with Gasteiger partial charge in [0.1, 0.15) is 12.4 Å². The van der Waals surface area contributed by atoms with Crippen molar-refractivity contribution in [3.05, 3.63) is 48.6 Å². The molecule has 0 aromatic heterocycles. The fraction of sp³-hybridized carbons (Fsp3) is 0.0833. The van der Waals surface area contributed by atoms with Crippen LogP contribution in [-0.4, -0.2) is 17.7 Å². The van der Waals surface area contributed by atoms with Crippen LogP contribution in [0.2, 0.25) is 0 Å². The van der Waals surface area contributed by atoms with Crippen LogP contribution in [0.15, 0.2) is 43.0 Å². The maximum absolute atomic E-state index is 10.7. The molecular weight excluding hydrogens is 192 g/mol. The Hall–Kier alpha value is -2.03. The predicted octanol–water partition coefficient (Wildman–Crippen LogP) is 2.13. The summed E-state index contributed by atoms with van der Waals surface area (Å²) < 4.78 is 4.74. The zero-order valence-corrected chi connectivity index (χ0v) is 8.22. The summed E-state index contributed by atoms with van der Waals surface area (Å²) in [5, 5.41) is 9.03. The second-order valence-electron chi connectivity index (χ2n) is 2.83. The first-order chi connectivity index (χ1) is 7.22. The molecule has 0 aliphatic heterocycles. The minimum absolute atomic E-state index is 0.214. The second-order valence-corrected chi connectivity index (χ2v) is 2.83. The number of hydrogen-bond acceptors (Lipinski definition) is 3. The lowest BCUT2D eigenvalue weighted by molar-refractivity contribution is -0.136. The van der Waals surface area contributed by atoms with Gasteiger partial charge in [0.15, 0.2) is 0 Å². The van der Waals surface area contributed by atoms with Gasteiger partial charge in [-0.15, -0.1) is 0 Å². The Morgan fingerprint density at radius 1 is 1.40 bits per heavy atom. The number of carbonyl (C=O) groups excluding carboxylic acids is 1. The normalized spacial score (nSPS) is 10.1. The van der Waals surface area contributed by atoms with E-state index >= 15 is 0 Å². The van der Waals surface area contributed by atoms with Crippen LogP contribution in [0.1, 0.15) is 5.56 Å². The van der Waals surface area contributed by atoms with E-state index in [-0.39, 0.29) is 12.4 Å². The lowest BCUT2D eigenvalue weighted by Gasteiger charge is -1.96. The molecule has 15 heavy (non-hydrogen) atoms. The summed E-state index contributed by atoms with van der Waals surface area (Å²) in [5.74, 6) is -0.212. The van der Waals surface area contributed by atoms with Crippen LogP contribution in [0.4, 0.5) is 0 Å². The van der Waals surface area contributed by atoms with Crippen LogP contribution in [0.3, 0.4) is 0 Å². The highest BCUT2D eigenvalue weighted by atomic mass is 16.5. The van der Waals surface area contributed by atoms with E-state index in [1.54, 1.807) is 36.4 Å². The van der Waals surface area contributed by atoms with E-state index < -0.39 is 5.97 Å². The third-order valence-corrected chi connectivity index (χ3v) is 1.69. The van der Waals surface area contributed by atoms with Crippen LogP contribution in [0.25, 0.3) is 6.08 Å². The van der Waals surface area contributed by atoms with E-state index in [4.69, 9.17) is 9.84 Å². The maximum atomic E-state index is 10.7. The molecule has 0 saturated heterocycles. The Morgan fingerprint density at radius 3 is 2.67 bits per heavy atom. The fourth-order valence-corrected chi connectivity index (χ4v) is 0.959. The number of ether oxygens (including phenoxy) is 1. The van der Waals surface area contributed by atoms with Crippen molar-refractivity contribution in [2.75, 3.05) is 6.61 Å². The quantitative estimate of drug-likeness (QED) is 0.603. The highest BCUT2D eigenvalue weighted by molar-refractivity contribution is 5.81. The highest BCUT2D eigenvalue weighted by Crippen LogP contribution is 2.10. The van der Waals surface area contributed by atoms with Gasteiger partial charge in [0.05, 0.1) is 0 Å². The molecule has 0 radical (unpaired) electrons. The molecular formula is C12H12O3. The Bertz CT molecular complexity index is 363. The molecule has 0 aliphatic carbocycles. The molecule has 0 spiro atoms. The van der Waals surface area contributed by atoms with Crippen molar-refractivity contribution in [1.29, 1.82) is 0 Å². The predicted molar refractivity (Wildman–Crippen MR) is 58.3 cm³/mol. The van der Waals surface area contributed by atoms with E-state index in [9.17, 15) is 4.79 Å². The molecule has 1 aromatic carbocycles. The first-order valence-corrected chi connectivity index (χ1v) is 4.47. The van der Waals surface area contributed by atoms with Gasteiger partial charge in [0, 0.05) is 6.08 Å². The van der Waals surface area contributed by atoms with E-state index in [0.717, 1.165) is 11.6 Å². The summed E-state index contributed by atoms with van der Waals surface area (Å²) >= 11 is 0. The average Bonchev–Trinajstić information content (AvgIpc) is 2.26. The van der Waals surface area contributed by atoms with Crippen LogP contribution in [-0.2, 0) is 9.53 Å². The SMILES string of the molecule is C=CC(=O)OC/C=C/c1ccc(O)cc1. The first-order valence-electron chi connectivity index (χ1n) is 4.47. The summed E-state index contributed by atoms with van der Waals surface area (Å²) in [6.07, 6.45) is 4.64. The van der Waals surface area contributed by atoms with Crippen LogP contribution < -0.4 is 0 Å². The molecule has 3 heteroatoms. The van der Waals surface area contributed by atoms with Crippen molar-refractivity contribution in [3.63, 3.8) is 0 Å². The summed E-state index contributed by atoms with van der Waals surface area (Å²) in [6.45, 7) is 3.49. The Balaban J connectivity index is 2.41. The largest absolute Gasteiger partial charge is 0.508 e. The van der Waals surface area contributed by atoms with Crippen molar-refractivity contribution in [2.24, 2.45) is 0 Å². The van der Waals surface area contributed by atoms with Crippen LogP contribution >= 0.6 is 0 Å². The van der Waals surface area contributed by atoms with E-state index in [1.807, 2.05) is 0 Å². The average molecular weight is 204 g/mol. The van der Waals surface area contributed by atoms with Gasteiger partial charge in [0.2, 0.25) is 0 Å². The Kier molecular flexibility index (Phi) is 4.16. The van der Waals surface area contributed by atoms with E-state index in [1.165, 1.54) is 0 Å². The molecule has 0 bridgehead atoms. The molecule has 0 saturated carbocycles. The number of phenolic OH excluding ortho intramolecular Hbond substituents is 1. The minimum Gasteiger partial charge on any atom is -0.508 e. The number of aromatic hydroxyl groups is 1. The van der Waals surface area contributed by atoms with Crippen LogP contribution in [0, 0.1) is 0 Å². The summed E-state index contributed by atoms with van der Waals surface area (Å²) in [5.41, 5.74) is 0.933. The van der Waals surface area contributed by atoms with E-state index in [0.29, 0.717) is 0 Å². The summed E-state index contributed by atoms with van der Waals surface area (Å²) in [6, 6.07) is 6.72. The monoisotopic (exact) mass is 204 g/mol. The maximum Gasteiger partial charge on any atom is 0.330 e. The second kappa shape index (κ2) is 5.65. The number of phenols is 1. The van der Waals surface area contributed by atoms with Gasteiger partial charge in [-0.2, -0.15) is 0 Å². The molecule has 0 unspecified atom stereocenters. The van der Waals surface area contributed by atoms with Gasteiger partial charge in [-0.25, -0.2) is 4.79 Å². The van der Waals surface area contributed by atoms with Crippen molar-refractivity contribution >= 4 is 12.0 Å². The molecule has 0 atom stereocenters. The number of esters is 1. The topological polar surface area (TPSA) is 46.5 Å². The van der Waals surface area contributed by atoms with Crippen molar-refractivity contribution in [2.45, 2.75) is 0 Å². The number of benzene rings is 1. The molecule has 0 fully saturated rings. The number of rotatable bonds is 4. The van der Waals surface area contributed by atoms with Gasteiger partial charge in [-0.05, 0) is 23.8 Å². The Labute approximate surface area is 88.3 Å². The van der Waals surface area contributed by atoms with Gasteiger partial charge >= 0.3 is 5.97 Å². The van der Waals surface area contributed by atoms with Gasteiger partial charge in [-0.1, -0.05) is 24.8 Å². The smallest absolute Gasteiger partial charge is 0.330 e. The van der Waals surface area contributed by atoms with Crippen LogP contribution in [0.5, 0.6) is 5.75 Å². The van der Waals surface area contributed by atoms with Gasteiger partial charge in [0.25, 0.3) is 0 Å². The zero-order valence-electron chi connectivity index (χ0n) is 8.22. The highest BCUT2D eigenvalue weighted by Gasteiger charge is 1.91. The molecule has 78 valence electrons. The van der Waals surface area contributed by atoms with Crippen molar-refractivity contribution in [3.8, 4) is 5.75 Å². The molecule has 1 aromatic rings. The standard InChI is InChI=1S/C12H12O3/c1-2-12(14)15-9-3-4-10-5-7-11(13)8-6-10/h2-8,13H,1,9H2/b4-3+. The molecule has 0 amide bonds. The van der Waals surface area contributed by atoms with Gasteiger partial charge in [-0.3, -0.25) is 0 Å². The van der Waals surface area contributed by atoms with Crippen molar-refractivity contribution < 1.29 is 14.6 Å². The minimum atomic E-state index is -0.439. The summed E-state index contributed by atoms with van der Waals surface area (Å²) in [4.78, 5) is 10.7. The first kappa shape index (κ1) is 11.0. The third kappa shape index (κ3) is 4.13. The molecule has 0 heterocycles. The van der Waals surface area contributed by atoms with E-state index in [2.05, 4.69) is 6.58 Å². The fourth-order valence-electron chi connectivity index (χ4n) is 0.959. The summed E-state index contributed by atoms with van der Waals surface area (Å²) in [7, 11) is 0. The lowest BCUT2D eigenvalue weighted by Crippen LogP contribution is -1.98. The number of hydrogen-bond donors (Lipinski definition) is 1. The van der Waals surface area contributed by atoms with Crippen molar-refractivity contribution in [1.82, 2.24) is 0 Å². The molecule has 3 nitrogen and oxygen atoms in total. The Morgan fingerprint density at radius 2 is 2.07 bits per heavy atom. The number of carbonyl (C=O) groups is 1. The zero-order chi connectivity index (χ0) is 11.1. The molecule has 1 N–H and O–H groups in total. The molecule has 1 rings (SSSR count). The third-order valence-electron chi connectivity index (χ3n) is 1.69. The lowest BCUT2D eigenvalue weighted by atomic mass is 10.2. The molecule has 0 aliphatic rings. The van der Waals surface area contributed by atoms with Gasteiger partial charge < -0.3 is 9.84 Å².